The van der Waals surface area contributed by atoms with E-state index in [1.807, 2.05) is 0 Å². The third-order valence-corrected chi connectivity index (χ3v) is 2.98. The van der Waals surface area contributed by atoms with Gasteiger partial charge in [-0.1, -0.05) is 0 Å². The molecule has 0 aliphatic carbocycles. The van der Waals surface area contributed by atoms with Crippen LogP contribution in [0.15, 0.2) is 0 Å². The summed E-state index contributed by atoms with van der Waals surface area (Å²) in [5.41, 5.74) is 5.86. The molecule has 92 valence electrons. The molecular weight excluding hydrogens is 190 g/mol. The Morgan fingerprint density at radius 1 is 1.00 bits per heavy atom. The SMILES string of the molecule is COC(C)(C)CCC(N)CC(C)(C)OC. The second-order valence-electron chi connectivity index (χ2n) is 5.43. The number of methoxy groups -OCH3 is 2. The first-order valence-corrected chi connectivity index (χ1v) is 5.58. The zero-order chi connectivity index (χ0) is 12.1. The van der Waals surface area contributed by atoms with Gasteiger partial charge in [0, 0.05) is 20.3 Å². The van der Waals surface area contributed by atoms with Gasteiger partial charge in [-0.15, -0.1) is 0 Å². The minimum atomic E-state index is -0.128. The van der Waals surface area contributed by atoms with Gasteiger partial charge >= 0.3 is 0 Å². The van der Waals surface area contributed by atoms with Gasteiger partial charge in [-0.3, -0.25) is 0 Å². The van der Waals surface area contributed by atoms with Gasteiger partial charge in [-0.25, -0.2) is 0 Å². The maximum absolute atomic E-state index is 6.06. The Balaban J connectivity index is 3.90. The van der Waals surface area contributed by atoms with Gasteiger partial charge in [0.25, 0.3) is 0 Å². The van der Waals surface area contributed by atoms with Crippen molar-refractivity contribution in [1.82, 2.24) is 0 Å². The highest BCUT2D eigenvalue weighted by atomic mass is 16.5. The molecule has 3 nitrogen and oxygen atoms in total. The van der Waals surface area contributed by atoms with Crippen molar-refractivity contribution in [2.75, 3.05) is 14.2 Å². The van der Waals surface area contributed by atoms with Crippen molar-refractivity contribution >= 4 is 0 Å². The van der Waals surface area contributed by atoms with Crippen LogP contribution in [0.1, 0.15) is 47.0 Å². The van der Waals surface area contributed by atoms with Crippen molar-refractivity contribution in [3.05, 3.63) is 0 Å². The number of rotatable bonds is 7. The molecule has 0 spiro atoms. The highest BCUT2D eigenvalue weighted by Gasteiger charge is 2.23. The standard InChI is InChI=1S/C12H27NO2/c1-11(2,14-5)8-7-10(13)9-12(3,4)15-6/h10H,7-9,13H2,1-6H3. The fraction of sp³-hybridized carbons (Fsp3) is 1.00. The maximum atomic E-state index is 6.06. The summed E-state index contributed by atoms with van der Waals surface area (Å²) in [5, 5.41) is 0. The molecule has 0 rings (SSSR count). The summed E-state index contributed by atoms with van der Waals surface area (Å²) in [7, 11) is 3.47. The minimum Gasteiger partial charge on any atom is -0.379 e. The predicted molar refractivity (Wildman–Crippen MR) is 64.0 cm³/mol. The smallest absolute Gasteiger partial charge is 0.0637 e. The summed E-state index contributed by atoms with van der Waals surface area (Å²) in [6, 6.07) is 0.175. The van der Waals surface area contributed by atoms with Gasteiger partial charge in [-0.05, 0) is 47.0 Å². The van der Waals surface area contributed by atoms with Gasteiger partial charge in [-0.2, -0.15) is 0 Å². The molecular formula is C12H27NO2. The molecule has 0 saturated carbocycles. The molecule has 0 aliphatic rings. The van der Waals surface area contributed by atoms with Gasteiger partial charge < -0.3 is 15.2 Å². The topological polar surface area (TPSA) is 44.5 Å². The second-order valence-corrected chi connectivity index (χ2v) is 5.43. The lowest BCUT2D eigenvalue weighted by Gasteiger charge is -2.29. The van der Waals surface area contributed by atoms with Gasteiger partial charge in [0.1, 0.15) is 0 Å². The zero-order valence-electron chi connectivity index (χ0n) is 11.1. The summed E-state index contributed by atoms with van der Waals surface area (Å²) in [5.74, 6) is 0. The predicted octanol–water partition coefficient (Wildman–Crippen LogP) is 2.33. The third-order valence-electron chi connectivity index (χ3n) is 2.98. The van der Waals surface area contributed by atoms with E-state index in [2.05, 4.69) is 27.7 Å². The molecule has 1 unspecified atom stereocenters. The number of hydrogen-bond acceptors (Lipinski definition) is 3. The normalized spacial score (nSPS) is 15.4. The summed E-state index contributed by atoms with van der Waals surface area (Å²) >= 11 is 0. The van der Waals surface area contributed by atoms with E-state index in [0.29, 0.717) is 0 Å². The summed E-state index contributed by atoms with van der Waals surface area (Å²) in [4.78, 5) is 0. The van der Waals surface area contributed by atoms with E-state index in [1.165, 1.54) is 0 Å². The van der Waals surface area contributed by atoms with Crippen LogP contribution in [0, 0.1) is 0 Å². The summed E-state index contributed by atoms with van der Waals surface area (Å²) in [6.07, 6.45) is 2.82. The van der Waals surface area contributed by atoms with E-state index in [4.69, 9.17) is 15.2 Å². The van der Waals surface area contributed by atoms with Crippen molar-refractivity contribution in [2.24, 2.45) is 5.73 Å². The fourth-order valence-corrected chi connectivity index (χ4v) is 1.45. The van der Waals surface area contributed by atoms with Crippen LogP contribution in [0.5, 0.6) is 0 Å². The van der Waals surface area contributed by atoms with Crippen molar-refractivity contribution in [3.8, 4) is 0 Å². The molecule has 15 heavy (non-hydrogen) atoms. The van der Waals surface area contributed by atoms with Gasteiger partial charge in [0.05, 0.1) is 11.2 Å². The second kappa shape index (κ2) is 5.83. The monoisotopic (exact) mass is 217 g/mol. The largest absolute Gasteiger partial charge is 0.379 e. The van der Waals surface area contributed by atoms with Gasteiger partial charge in [0.2, 0.25) is 0 Å². The van der Waals surface area contributed by atoms with Crippen LogP contribution in [-0.2, 0) is 9.47 Å². The molecule has 0 aromatic heterocycles. The Morgan fingerprint density at radius 3 is 1.87 bits per heavy atom. The Morgan fingerprint density at radius 2 is 1.47 bits per heavy atom. The Hall–Kier alpha value is -0.120. The highest BCUT2D eigenvalue weighted by Crippen LogP contribution is 2.21. The van der Waals surface area contributed by atoms with E-state index >= 15 is 0 Å². The third kappa shape index (κ3) is 6.88. The van der Waals surface area contributed by atoms with Crippen LogP contribution >= 0.6 is 0 Å². The van der Waals surface area contributed by atoms with E-state index in [1.54, 1.807) is 14.2 Å². The quantitative estimate of drug-likeness (QED) is 0.712. The van der Waals surface area contributed by atoms with Crippen LogP contribution in [0.25, 0.3) is 0 Å². The Bertz CT molecular complexity index is 178. The van der Waals surface area contributed by atoms with E-state index in [-0.39, 0.29) is 17.2 Å². The molecule has 0 amide bonds. The van der Waals surface area contributed by atoms with Gasteiger partial charge in [0.15, 0.2) is 0 Å². The van der Waals surface area contributed by atoms with Crippen LogP contribution in [0.2, 0.25) is 0 Å². The molecule has 3 heteroatoms. The Labute approximate surface area is 94.3 Å². The first-order valence-electron chi connectivity index (χ1n) is 5.58. The number of hydrogen-bond donors (Lipinski definition) is 1. The van der Waals surface area contributed by atoms with Crippen molar-refractivity contribution in [2.45, 2.75) is 64.2 Å². The van der Waals surface area contributed by atoms with Crippen LogP contribution in [0.3, 0.4) is 0 Å². The number of ether oxygens (including phenoxy) is 2. The lowest BCUT2D eigenvalue weighted by atomic mass is 9.92. The average Bonchev–Trinajstić information content (AvgIpc) is 2.15. The first kappa shape index (κ1) is 14.9. The highest BCUT2D eigenvalue weighted by molar-refractivity contribution is 4.78. The van der Waals surface area contributed by atoms with Crippen molar-refractivity contribution in [1.29, 1.82) is 0 Å². The fourth-order valence-electron chi connectivity index (χ4n) is 1.45. The zero-order valence-corrected chi connectivity index (χ0v) is 11.1. The van der Waals surface area contributed by atoms with Crippen LogP contribution in [-0.4, -0.2) is 31.5 Å². The van der Waals surface area contributed by atoms with E-state index < -0.39 is 0 Å². The molecule has 1 atom stereocenters. The average molecular weight is 217 g/mol. The molecule has 0 aliphatic heterocycles. The maximum Gasteiger partial charge on any atom is 0.0637 e. The lowest BCUT2D eigenvalue weighted by molar-refractivity contribution is -0.00266. The van der Waals surface area contributed by atoms with E-state index in [0.717, 1.165) is 19.3 Å². The lowest BCUT2D eigenvalue weighted by Crippen LogP contribution is -2.35. The van der Waals surface area contributed by atoms with E-state index in [9.17, 15) is 0 Å². The van der Waals surface area contributed by atoms with Crippen LogP contribution < -0.4 is 5.73 Å². The first-order chi connectivity index (χ1) is 6.72. The molecule has 0 aromatic carbocycles. The summed E-state index contributed by atoms with van der Waals surface area (Å²) in [6.45, 7) is 8.30. The van der Waals surface area contributed by atoms with Crippen molar-refractivity contribution < 1.29 is 9.47 Å². The number of nitrogens with two attached hydrogens (primary N) is 1. The van der Waals surface area contributed by atoms with Crippen LogP contribution in [0.4, 0.5) is 0 Å². The molecule has 0 aromatic rings. The minimum absolute atomic E-state index is 0.0746. The molecule has 0 saturated heterocycles. The summed E-state index contributed by atoms with van der Waals surface area (Å²) < 4.78 is 10.7. The molecule has 0 bridgehead atoms. The molecule has 0 radical (unpaired) electrons. The Kier molecular flexibility index (Phi) is 5.78. The van der Waals surface area contributed by atoms with Crippen molar-refractivity contribution in [3.63, 3.8) is 0 Å². The molecule has 0 fully saturated rings. The molecule has 0 heterocycles. The molecule has 2 N–H and O–H groups in total.